The fraction of sp³-hybridized carbons (Fsp3) is 0.636. The summed E-state index contributed by atoms with van der Waals surface area (Å²) in [6.07, 6.45) is 4.80. The van der Waals surface area contributed by atoms with Crippen LogP contribution in [0.15, 0.2) is 24.8 Å². The van der Waals surface area contributed by atoms with Crippen LogP contribution in [0.1, 0.15) is 19.8 Å². The molecule has 0 aromatic rings. The fourth-order valence-corrected chi connectivity index (χ4v) is 2.26. The summed E-state index contributed by atoms with van der Waals surface area (Å²) in [7, 11) is 0. The molecular weight excluding hydrogens is 182 g/mol. The van der Waals surface area contributed by atoms with Gasteiger partial charge in [0.05, 0.1) is 26.2 Å². The molecule has 1 aliphatic rings. The first-order valence-electron chi connectivity index (χ1n) is 4.79. The molecule has 2 heteroatoms. The predicted molar refractivity (Wildman–Crippen MR) is 54.0 cm³/mol. The second-order valence-electron chi connectivity index (χ2n) is 4.08. The van der Waals surface area contributed by atoms with Crippen LogP contribution in [0.2, 0.25) is 0 Å². The van der Waals surface area contributed by atoms with Crippen molar-refractivity contribution in [3.8, 4) is 0 Å². The van der Waals surface area contributed by atoms with E-state index < -0.39 is 0 Å². The van der Waals surface area contributed by atoms with Gasteiger partial charge < -0.3 is 16.9 Å². The monoisotopic (exact) mass is 201 g/mol. The Morgan fingerprint density at radius 2 is 1.92 bits per heavy atom. The van der Waals surface area contributed by atoms with Gasteiger partial charge in [-0.3, -0.25) is 0 Å². The van der Waals surface area contributed by atoms with Crippen molar-refractivity contribution in [3.05, 3.63) is 24.8 Å². The van der Waals surface area contributed by atoms with E-state index in [2.05, 4.69) is 20.1 Å². The van der Waals surface area contributed by atoms with Gasteiger partial charge in [-0.2, -0.15) is 0 Å². The molecule has 1 saturated heterocycles. The maximum atomic E-state index is 4.00. The second-order valence-corrected chi connectivity index (χ2v) is 4.08. The molecule has 0 amide bonds. The Morgan fingerprint density at radius 1 is 1.38 bits per heavy atom. The van der Waals surface area contributed by atoms with Crippen LogP contribution in [-0.2, 0) is 0 Å². The molecule has 0 N–H and O–H groups in total. The average Bonchev–Trinajstić information content (AvgIpc) is 2.36. The minimum absolute atomic E-state index is 0. The zero-order valence-electron chi connectivity index (χ0n) is 8.56. The van der Waals surface area contributed by atoms with E-state index in [4.69, 9.17) is 0 Å². The molecule has 1 aliphatic heterocycles. The molecule has 1 rings (SSSR count). The Kier molecular flexibility index (Phi) is 5.34. The fourth-order valence-electron chi connectivity index (χ4n) is 2.26. The van der Waals surface area contributed by atoms with Crippen LogP contribution in [0, 0.1) is 0 Å². The number of nitrogens with zero attached hydrogens (tertiary/aromatic N) is 1. The standard InChI is InChI=1S/C11H20N.ClH/c1-4-7-12(10-11(2)3)8-5-6-9-12;/h4H,1-2,5-10H2,3H3;1H/q+1;/p-1. The van der Waals surface area contributed by atoms with Crippen LogP contribution >= 0.6 is 0 Å². The highest BCUT2D eigenvalue weighted by Crippen LogP contribution is 2.20. The Labute approximate surface area is 88.1 Å². The van der Waals surface area contributed by atoms with Crippen LogP contribution < -0.4 is 12.4 Å². The number of halogens is 1. The van der Waals surface area contributed by atoms with Gasteiger partial charge in [-0.25, -0.2) is 0 Å². The number of rotatable bonds is 4. The smallest absolute Gasteiger partial charge is 0.1000 e. The van der Waals surface area contributed by atoms with Gasteiger partial charge in [0.25, 0.3) is 0 Å². The third-order valence-electron chi connectivity index (χ3n) is 2.64. The maximum absolute atomic E-state index is 4.00. The van der Waals surface area contributed by atoms with E-state index in [-0.39, 0.29) is 12.4 Å². The highest BCUT2D eigenvalue weighted by molar-refractivity contribution is 4.89. The molecule has 0 spiro atoms. The lowest BCUT2D eigenvalue weighted by Gasteiger charge is -2.33. The highest BCUT2D eigenvalue weighted by Gasteiger charge is 2.29. The van der Waals surface area contributed by atoms with Crippen molar-refractivity contribution in [2.24, 2.45) is 0 Å². The maximum Gasteiger partial charge on any atom is 0.1000 e. The molecule has 0 aliphatic carbocycles. The minimum Gasteiger partial charge on any atom is -1.00 e. The Morgan fingerprint density at radius 3 is 2.31 bits per heavy atom. The largest absolute Gasteiger partial charge is 1.00 e. The molecule has 0 bridgehead atoms. The predicted octanol–water partition coefficient (Wildman–Crippen LogP) is -0.637. The molecule has 76 valence electrons. The molecule has 0 radical (unpaired) electrons. The third-order valence-corrected chi connectivity index (χ3v) is 2.64. The molecular formula is C11H20ClN. The normalized spacial score (nSPS) is 19.2. The van der Waals surface area contributed by atoms with Crippen molar-refractivity contribution in [1.82, 2.24) is 0 Å². The summed E-state index contributed by atoms with van der Waals surface area (Å²) in [5.74, 6) is 0. The summed E-state index contributed by atoms with van der Waals surface area (Å²) in [6, 6.07) is 0. The van der Waals surface area contributed by atoms with Crippen molar-refractivity contribution in [2.45, 2.75) is 19.8 Å². The summed E-state index contributed by atoms with van der Waals surface area (Å²) in [5.41, 5.74) is 1.30. The number of quaternary nitrogens is 1. The molecule has 1 fully saturated rings. The first-order chi connectivity index (χ1) is 5.68. The van der Waals surface area contributed by atoms with E-state index in [1.807, 2.05) is 6.08 Å². The summed E-state index contributed by atoms with van der Waals surface area (Å²) in [5, 5.41) is 0. The van der Waals surface area contributed by atoms with E-state index in [9.17, 15) is 0 Å². The number of hydrogen-bond acceptors (Lipinski definition) is 0. The lowest BCUT2D eigenvalue weighted by atomic mass is 10.2. The molecule has 0 aromatic carbocycles. The van der Waals surface area contributed by atoms with E-state index in [0.717, 1.165) is 13.1 Å². The molecule has 0 aromatic heterocycles. The van der Waals surface area contributed by atoms with Gasteiger partial charge in [0.2, 0.25) is 0 Å². The van der Waals surface area contributed by atoms with E-state index >= 15 is 0 Å². The van der Waals surface area contributed by atoms with Crippen molar-refractivity contribution < 1.29 is 16.9 Å². The Balaban J connectivity index is 0.00000144. The summed E-state index contributed by atoms with van der Waals surface area (Å²) < 4.78 is 1.21. The Hall–Kier alpha value is -0.270. The van der Waals surface area contributed by atoms with E-state index in [1.165, 1.54) is 36.0 Å². The average molecular weight is 202 g/mol. The first-order valence-corrected chi connectivity index (χ1v) is 4.79. The van der Waals surface area contributed by atoms with Gasteiger partial charge in [0.15, 0.2) is 0 Å². The topological polar surface area (TPSA) is 0 Å². The van der Waals surface area contributed by atoms with Gasteiger partial charge in [-0.05, 0) is 18.6 Å². The lowest BCUT2D eigenvalue weighted by Crippen LogP contribution is -3.00. The van der Waals surface area contributed by atoms with Gasteiger partial charge >= 0.3 is 0 Å². The van der Waals surface area contributed by atoms with E-state index in [1.54, 1.807) is 0 Å². The van der Waals surface area contributed by atoms with Gasteiger partial charge in [-0.1, -0.05) is 13.2 Å². The van der Waals surface area contributed by atoms with Crippen LogP contribution in [0.4, 0.5) is 0 Å². The van der Waals surface area contributed by atoms with E-state index in [0.29, 0.717) is 0 Å². The van der Waals surface area contributed by atoms with Crippen LogP contribution in [0.5, 0.6) is 0 Å². The number of likely N-dealkylation sites (tertiary alicyclic amines) is 1. The molecule has 0 unspecified atom stereocenters. The summed E-state index contributed by atoms with van der Waals surface area (Å²) >= 11 is 0. The molecule has 0 saturated carbocycles. The van der Waals surface area contributed by atoms with Gasteiger partial charge in [0, 0.05) is 12.8 Å². The van der Waals surface area contributed by atoms with Crippen molar-refractivity contribution in [3.63, 3.8) is 0 Å². The third kappa shape index (κ3) is 3.53. The van der Waals surface area contributed by atoms with Crippen molar-refractivity contribution in [2.75, 3.05) is 26.2 Å². The lowest BCUT2D eigenvalue weighted by molar-refractivity contribution is -0.906. The van der Waals surface area contributed by atoms with Crippen LogP contribution in [0.25, 0.3) is 0 Å². The quantitative estimate of drug-likeness (QED) is 0.420. The second kappa shape index (κ2) is 5.46. The molecule has 13 heavy (non-hydrogen) atoms. The first kappa shape index (κ1) is 12.7. The molecule has 1 heterocycles. The molecule has 1 nitrogen and oxygen atoms in total. The van der Waals surface area contributed by atoms with Crippen molar-refractivity contribution >= 4 is 0 Å². The van der Waals surface area contributed by atoms with Gasteiger partial charge in [0.1, 0.15) is 0 Å². The minimum atomic E-state index is 0. The SMILES string of the molecule is C=CC[N+]1(CC(=C)C)CCCC1.[Cl-]. The summed E-state index contributed by atoms with van der Waals surface area (Å²) in [6.45, 7) is 14.9. The van der Waals surface area contributed by atoms with Crippen LogP contribution in [0.3, 0.4) is 0 Å². The number of hydrogen-bond donors (Lipinski definition) is 0. The highest BCUT2D eigenvalue weighted by atomic mass is 35.5. The zero-order chi connectivity index (χ0) is 9.03. The van der Waals surface area contributed by atoms with Crippen molar-refractivity contribution in [1.29, 1.82) is 0 Å². The van der Waals surface area contributed by atoms with Gasteiger partial charge in [-0.15, -0.1) is 0 Å². The zero-order valence-corrected chi connectivity index (χ0v) is 9.32. The Bertz CT molecular complexity index is 181. The summed E-state index contributed by atoms with van der Waals surface area (Å²) in [4.78, 5) is 0. The van der Waals surface area contributed by atoms with Crippen LogP contribution in [-0.4, -0.2) is 30.7 Å². The molecule has 0 atom stereocenters.